The highest BCUT2D eigenvalue weighted by Gasteiger charge is 2.47. The highest BCUT2D eigenvalue weighted by atomic mass is 16.5. The van der Waals surface area contributed by atoms with Gasteiger partial charge in [0.15, 0.2) is 0 Å². The summed E-state index contributed by atoms with van der Waals surface area (Å²) in [4.78, 5) is 4.88. The lowest BCUT2D eigenvalue weighted by molar-refractivity contribution is 0.463. The predicted octanol–water partition coefficient (Wildman–Crippen LogP) is 11.4. The fraction of sp³-hybridized carbons (Fsp3) is 0. The number of rotatable bonds is 6. The molecule has 0 saturated heterocycles. The van der Waals surface area contributed by atoms with Gasteiger partial charge in [0.05, 0.1) is 5.52 Å². The molecule has 0 aliphatic carbocycles. The van der Waals surface area contributed by atoms with Crippen molar-refractivity contribution >= 4 is 102 Å². The van der Waals surface area contributed by atoms with Gasteiger partial charge in [-0.15, -0.1) is 0 Å². The maximum Gasteiger partial charge on any atom is 0.256 e. The zero-order valence-electron chi connectivity index (χ0n) is 36.6. The number of nitrogens with zero attached hydrogens (tertiary/aromatic N) is 3. The molecule has 0 fully saturated rings. The second-order valence-corrected chi connectivity index (χ2v) is 18.0. The van der Waals surface area contributed by atoms with Gasteiger partial charge in [-0.3, -0.25) is 0 Å². The summed E-state index contributed by atoms with van der Waals surface area (Å²) >= 11 is 0. The van der Waals surface area contributed by atoms with Crippen molar-refractivity contribution in [2.75, 3.05) is 9.80 Å². The Hall–Kier alpha value is -8.87. The summed E-state index contributed by atoms with van der Waals surface area (Å²) in [6.45, 7) is -0.233. The first-order valence-corrected chi connectivity index (χ1v) is 23.2. The standard InChI is InChI=1S/C60H37B2N3O3/c1-5-18-38(19-6-1)63-52-37-51-48(61-46-28-14-16-31-56(46)68-57-35-43(67-41-24-11-4-12-25-41)34-55(59(57)61)64(51)39-20-7-2-8-21-39)36-49(52)62-47-29-17-27-45-44-26-13-15-30-50(44)65(60(45)47)54-33-42(32-53(63)58(54)62)66-40-22-9-3-10-23-40/h1-37H. The molecule has 0 radical (unpaired) electrons. The highest BCUT2D eigenvalue weighted by molar-refractivity contribution is 7.02. The zero-order valence-corrected chi connectivity index (χ0v) is 36.6. The van der Waals surface area contributed by atoms with Crippen molar-refractivity contribution < 1.29 is 14.2 Å². The largest absolute Gasteiger partial charge is 0.458 e. The molecule has 0 spiro atoms. The Morgan fingerprint density at radius 1 is 0.338 bits per heavy atom. The molecule has 1 aromatic heterocycles. The van der Waals surface area contributed by atoms with Gasteiger partial charge in [-0.25, -0.2) is 0 Å². The molecule has 4 aliphatic rings. The maximum atomic E-state index is 6.93. The van der Waals surface area contributed by atoms with Crippen LogP contribution in [0.15, 0.2) is 224 Å². The van der Waals surface area contributed by atoms with Crippen LogP contribution < -0.4 is 56.8 Å². The van der Waals surface area contributed by atoms with Gasteiger partial charge in [0.1, 0.15) is 34.5 Å². The molecule has 0 atom stereocenters. The number of aromatic nitrogens is 1. The number of fused-ring (bicyclic) bond motifs is 11. The van der Waals surface area contributed by atoms with Crippen LogP contribution in [0.3, 0.4) is 0 Å². The van der Waals surface area contributed by atoms with E-state index in [0.717, 1.165) is 79.5 Å². The second-order valence-electron chi connectivity index (χ2n) is 18.0. The van der Waals surface area contributed by atoms with Crippen LogP contribution in [0.4, 0.5) is 34.1 Å². The third kappa shape index (κ3) is 5.37. The van der Waals surface area contributed by atoms with E-state index in [1.54, 1.807) is 0 Å². The van der Waals surface area contributed by atoms with Crippen molar-refractivity contribution in [2.45, 2.75) is 0 Å². The first kappa shape index (κ1) is 37.4. The van der Waals surface area contributed by atoms with Crippen LogP contribution in [0.1, 0.15) is 0 Å². The molecule has 316 valence electrons. The summed E-state index contributed by atoms with van der Waals surface area (Å²) in [5, 5.41) is 2.47. The summed E-state index contributed by atoms with van der Waals surface area (Å²) in [7, 11) is 0. The normalized spacial score (nSPS) is 13.3. The fourth-order valence-corrected chi connectivity index (χ4v) is 11.6. The Bertz CT molecular complexity index is 3860. The SMILES string of the molecule is c1ccc(Oc2cc3c4c(c2)N(c2ccccc2)c2cc5c(cc2B4c2ccccc2O3)B2c3c(cc(Oc4ccccc4)cc3-n3c4ccccc4c4cccc2c43)N5c2ccccc2)cc1. The number of hydrogen-bond donors (Lipinski definition) is 0. The number of benzene rings is 10. The van der Waals surface area contributed by atoms with Crippen molar-refractivity contribution in [3.8, 4) is 40.2 Å². The topological polar surface area (TPSA) is 39.1 Å². The summed E-state index contributed by atoms with van der Waals surface area (Å²) in [6.07, 6.45) is 0. The van der Waals surface area contributed by atoms with Gasteiger partial charge in [0.2, 0.25) is 0 Å². The Morgan fingerprint density at radius 2 is 0.853 bits per heavy atom. The lowest BCUT2D eigenvalue weighted by Crippen LogP contribution is -2.64. The number of anilines is 6. The predicted molar refractivity (Wildman–Crippen MR) is 279 cm³/mol. The van der Waals surface area contributed by atoms with E-state index in [1.165, 1.54) is 43.7 Å². The molecule has 4 aliphatic heterocycles. The van der Waals surface area contributed by atoms with Crippen molar-refractivity contribution in [3.05, 3.63) is 224 Å². The molecule has 11 aromatic rings. The van der Waals surface area contributed by atoms with Crippen LogP contribution in [0, 0.1) is 0 Å². The minimum Gasteiger partial charge on any atom is -0.458 e. The molecule has 6 nitrogen and oxygen atoms in total. The molecule has 15 rings (SSSR count). The number of ether oxygens (including phenoxy) is 3. The highest BCUT2D eigenvalue weighted by Crippen LogP contribution is 2.48. The third-order valence-electron chi connectivity index (χ3n) is 14.3. The van der Waals surface area contributed by atoms with Gasteiger partial charge in [-0.05, 0) is 99.5 Å². The van der Waals surface area contributed by atoms with Crippen LogP contribution >= 0.6 is 0 Å². The lowest BCUT2D eigenvalue weighted by Gasteiger charge is -2.44. The molecule has 0 bridgehead atoms. The van der Waals surface area contributed by atoms with Crippen LogP contribution in [0.25, 0.3) is 27.5 Å². The summed E-state index contributed by atoms with van der Waals surface area (Å²) in [5.41, 5.74) is 17.2. The first-order chi connectivity index (χ1) is 33.7. The molecule has 5 heterocycles. The van der Waals surface area contributed by atoms with Crippen LogP contribution in [-0.4, -0.2) is 18.0 Å². The zero-order chi connectivity index (χ0) is 44.5. The monoisotopic (exact) mass is 869 g/mol. The molecule has 0 N–H and O–H groups in total. The van der Waals surface area contributed by atoms with E-state index in [2.05, 4.69) is 178 Å². The van der Waals surface area contributed by atoms with Gasteiger partial charge in [-0.1, -0.05) is 133 Å². The average Bonchev–Trinajstić information content (AvgIpc) is 3.73. The Morgan fingerprint density at radius 3 is 1.53 bits per heavy atom. The van der Waals surface area contributed by atoms with E-state index >= 15 is 0 Å². The van der Waals surface area contributed by atoms with Crippen molar-refractivity contribution in [1.82, 2.24) is 4.57 Å². The second kappa shape index (κ2) is 14.3. The van der Waals surface area contributed by atoms with Crippen molar-refractivity contribution in [1.29, 1.82) is 0 Å². The molecule has 0 unspecified atom stereocenters. The van der Waals surface area contributed by atoms with Gasteiger partial charge in [-0.2, -0.15) is 0 Å². The minimum atomic E-state index is -0.130. The van der Waals surface area contributed by atoms with Gasteiger partial charge < -0.3 is 28.6 Å². The average molecular weight is 870 g/mol. The van der Waals surface area contributed by atoms with E-state index in [0.29, 0.717) is 5.75 Å². The van der Waals surface area contributed by atoms with Crippen molar-refractivity contribution in [2.24, 2.45) is 0 Å². The molecular weight excluding hydrogens is 832 g/mol. The first-order valence-electron chi connectivity index (χ1n) is 23.2. The van der Waals surface area contributed by atoms with E-state index < -0.39 is 0 Å². The molecule has 8 heteroatoms. The lowest BCUT2D eigenvalue weighted by atomic mass is 9.30. The smallest absolute Gasteiger partial charge is 0.256 e. The van der Waals surface area contributed by atoms with Gasteiger partial charge in [0, 0.05) is 80.4 Å². The van der Waals surface area contributed by atoms with E-state index in [9.17, 15) is 0 Å². The van der Waals surface area contributed by atoms with Crippen LogP contribution in [0.2, 0.25) is 0 Å². The summed E-state index contributed by atoms with van der Waals surface area (Å²) in [6, 6.07) is 79.6. The summed E-state index contributed by atoms with van der Waals surface area (Å²) < 4.78 is 22.9. The van der Waals surface area contributed by atoms with E-state index in [1.807, 2.05) is 60.7 Å². The van der Waals surface area contributed by atoms with Gasteiger partial charge in [0.25, 0.3) is 13.4 Å². The molecule has 68 heavy (non-hydrogen) atoms. The maximum absolute atomic E-state index is 6.93. The van der Waals surface area contributed by atoms with Crippen molar-refractivity contribution in [3.63, 3.8) is 0 Å². The Kier molecular flexibility index (Phi) is 7.86. The third-order valence-corrected chi connectivity index (χ3v) is 14.3. The Balaban J connectivity index is 1.06. The summed E-state index contributed by atoms with van der Waals surface area (Å²) in [5.74, 6) is 4.66. The molecular formula is C60H37B2N3O3. The quantitative estimate of drug-likeness (QED) is 0.156. The van der Waals surface area contributed by atoms with Crippen LogP contribution in [0.5, 0.6) is 34.5 Å². The minimum absolute atomic E-state index is 0.102. The number of hydrogen-bond acceptors (Lipinski definition) is 5. The van der Waals surface area contributed by atoms with Gasteiger partial charge >= 0.3 is 0 Å². The fourth-order valence-electron chi connectivity index (χ4n) is 11.6. The molecule has 10 aromatic carbocycles. The van der Waals surface area contributed by atoms with E-state index in [-0.39, 0.29) is 13.4 Å². The number of para-hydroxylation sites is 7. The van der Waals surface area contributed by atoms with E-state index in [4.69, 9.17) is 14.2 Å². The molecule has 0 amide bonds. The Labute approximate surface area is 393 Å². The molecule has 0 saturated carbocycles. The van der Waals surface area contributed by atoms with Crippen LogP contribution in [-0.2, 0) is 0 Å².